The summed E-state index contributed by atoms with van der Waals surface area (Å²) >= 11 is 0. The lowest BCUT2D eigenvalue weighted by Gasteiger charge is -2.11. The topological polar surface area (TPSA) is 40.5 Å². The summed E-state index contributed by atoms with van der Waals surface area (Å²) in [4.78, 5) is 0. The fourth-order valence-corrected chi connectivity index (χ4v) is 1.62. The molecule has 1 aliphatic carbocycles. The lowest BCUT2D eigenvalue weighted by atomic mass is 10.0. The van der Waals surface area contributed by atoms with Crippen LogP contribution < -0.4 is 0 Å². The van der Waals surface area contributed by atoms with E-state index < -0.39 is 5.60 Å². The molecule has 0 heterocycles. The van der Waals surface area contributed by atoms with Gasteiger partial charge in [0.05, 0.1) is 5.60 Å². The molecule has 1 aromatic carbocycles. The molecule has 0 saturated heterocycles. The lowest BCUT2D eigenvalue weighted by molar-refractivity contribution is 0.150. The summed E-state index contributed by atoms with van der Waals surface area (Å²) in [5.41, 5.74) is 0.323. The van der Waals surface area contributed by atoms with Crippen molar-refractivity contribution >= 4 is 0 Å². The van der Waals surface area contributed by atoms with Gasteiger partial charge in [-0.25, -0.2) is 4.39 Å². The quantitative estimate of drug-likeness (QED) is 0.758. The van der Waals surface area contributed by atoms with Crippen LogP contribution in [-0.4, -0.2) is 15.8 Å². The van der Waals surface area contributed by atoms with Crippen molar-refractivity contribution in [2.45, 2.75) is 31.8 Å². The smallest absolute Gasteiger partial charge is 0.124 e. The van der Waals surface area contributed by atoms with Crippen LogP contribution in [0.25, 0.3) is 0 Å². The van der Waals surface area contributed by atoms with Gasteiger partial charge < -0.3 is 10.2 Å². The van der Waals surface area contributed by atoms with Crippen LogP contribution in [0, 0.1) is 12.7 Å². The Labute approximate surface area is 82.0 Å². The van der Waals surface area contributed by atoms with Crippen LogP contribution in [-0.2, 0) is 6.42 Å². The summed E-state index contributed by atoms with van der Waals surface area (Å²) in [5, 5.41) is 19.3. The first-order valence-corrected chi connectivity index (χ1v) is 4.71. The van der Waals surface area contributed by atoms with E-state index in [4.69, 9.17) is 0 Å². The average molecular weight is 196 g/mol. The summed E-state index contributed by atoms with van der Waals surface area (Å²) < 4.78 is 13.0. The third kappa shape index (κ3) is 1.73. The Balaban J connectivity index is 2.32. The summed E-state index contributed by atoms with van der Waals surface area (Å²) in [6.45, 7) is 1.65. The molecule has 0 bridgehead atoms. The van der Waals surface area contributed by atoms with Gasteiger partial charge in [-0.05, 0) is 43.0 Å². The maximum atomic E-state index is 13.0. The zero-order valence-corrected chi connectivity index (χ0v) is 8.05. The van der Waals surface area contributed by atoms with Gasteiger partial charge in [0.2, 0.25) is 0 Å². The number of benzene rings is 1. The fraction of sp³-hybridized carbons (Fsp3) is 0.455. The third-order valence-electron chi connectivity index (χ3n) is 2.69. The molecule has 1 aliphatic rings. The number of phenolic OH excluding ortho intramolecular Hbond substituents is 1. The molecule has 2 N–H and O–H groups in total. The Hall–Kier alpha value is -1.09. The Bertz CT molecular complexity index is 370. The number of hydrogen-bond donors (Lipinski definition) is 2. The third-order valence-corrected chi connectivity index (χ3v) is 2.69. The number of hydrogen-bond acceptors (Lipinski definition) is 2. The van der Waals surface area contributed by atoms with Crippen LogP contribution >= 0.6 is 0 Å². The number of aromatic hydroxyl groups is 1. The number of aryl methyl sites for hydroxylation is 1. The van der Waals surface area contributed by atoms with Crippen molar-refractivity contribution in [1.29, 1.82) is 0 Å². The fourth-order valence-electron chi connectivity index (χ4n) is 1.62. The first-order valence-electron chi connectivity index (χ1n) is 4.71. The van der Waals surface area contributed by atoms with E-state index in [0.29, 0.717) is 17.5 Å². The molecule has 1 aromatic rings. The highest BCUT2D eigenvalue weighted by molar-refractivity contribution is 5.41. The zero-order valence-electron chi connectivity index (χ0n) is 8.05. The van der Waals surface area contributed by atoms with E-state index in [0.717, 1.165) is 12.8 Å². The average Bonchev–Trinajstić information content (AvgIpc) is 2.79. The Morgan fingerprint density at radius 2 is 2.07 bits per heavy atom. The van der Waals surface area contributed by atoms with Crippen LogP contribution in [0.15, 0.2) is 12.1 Å². The van der Waals surface area contributed by atoms with Crippen molar-refractivity contribution in [1.82, 2.24) is 0 Å². The Morgan fingerprint density at radius 1 is 1.43 bits per heavy atom. The predicted octanol–water partition coefficient (Wildman–Crippen LogP) is 1.91. The van der Waals surface area contributed by atoms with E-state index in [1.807, 2.05) is 0 Å². The van der Waals surface area contributed by atoms with Gasteiger partial charge in [0, 0.05) is 6.42 Å². The van der Waals surface area contributed by atoms with Crippen LogP contribution in [0.4, 0.5) is 4.39 Å². The second-order valence-corrected chi connectivity index (χ2v) is 4.13. The largest absolute Gasteiger partial charge is 0.507 e. The second kappa shape index (κ2) is 2.95. The van der Waals surface area contributed by atoms with Gasteiger partial charge in [-0.15, -0.1) is 0 Å². The minimum Gasteiger partial charge on any atom is -0.507 e. The van der Waals surface area contributed by atoms with E-state index in [9.17, 15) is 14.6 Å². The maximum Gasteiger partial charge on any atom is 0.124 e. The Morgan fingerprint density at radius 3 is 2.64 bits per heavy atom. The van der Waals surface area contributed by atoms with Gasteiger partial charge in [0.15, 0.2) is 0 Å². The standard InChI is InChI=1S/C11H13FO2/c1-7-4-9(12)5-8(10(7)13)6-11(14)2-3-11/h4-5,13-14H,2-3,6H2,1H3. The molecule has 3 heteroatoms. The highest BCUT2D eigenvalue weighted by Gasteiger charge is 2.40. The van der Waals surface area contributed by atoms with Crippen molar-refractivity contribution in [2.75, 3.05) is 0 Å². The van der Waals surface area contributed by atoms with Gasteiger partial charge >= 0.3 is 0 Å². The molecule has 0 spiro atoms. The van der Waals surface area contributed by atoms with E-state index in [-0.39, 0.29) is 11.6 Å². The van der Waals surface area contributed by atoms with E-state index in [1.165, 1.54) is 12.1 Å². The van der Waals surface area contributed by atoms with Crippen molar-refractivity contribution in [3.63, 3.8) is 0 Å². The van der Waals surface area contributed by atoms with E-state index in [2.05, 4.69) is 0 Å². The molecule has 0 amide bonds. The van der Waals surface area contributed by atoms with Crippen LogP contribution in [0.1, 0.15) is 24.0 Å². The molecule has 0 aromatic heterocycles. The molecule has 2 nitrogen and oxygen atoms in total. The molecule has 0 atom stereocenters. The number of rotatable bonds is 2. The summed E-state index contributed by atoms with van der Waals surface area (Å²) in [7, 11) is 0. The molecule has 1 saturated carbocycles. The maximum absolute atomic E-state index is 13.0. The lowest BCUT2D eigenvalue weighted by Crippen LogP contribution is -2.11. The molecular weight excluding hydrogens is 183 g/mol. The molecule has 1 fully saturated rings. The molecule has 76 valence electrons. The molecular formula is C11H13FO2. The first kappa shape index (κ1) is 9.46. The zero-order chi connectivity index (χ0) is 10.3. The highest BCUT2D eigenvalue weighted by atomic mass is 19.1. The van der Waals surface area contributed by atoms with Gasteiger partial charge in [0.1, 0.15) is 11.6 Å². The van der Waals surface area contributed by atoms with E-state index >= 15 is 0 Å². The normalized spacial score (nSPS) is 18.2. The first-order chi connectivity index (χ1) is 6.50. The summed E-state index contributed by atoms with van der Waals surface area (Å²) in [6.07, 6.45) is 1.82. The van der Waals surface area contributed by atoms with Crippen molar-refractivity contribution in [3.05, 3.63) is 29.1 Å². The van der Waals surface area contributed by atoms with Crippen LogP contribution in [0.2, 0.25) is 0 Å². The Kier molecular flexibility index (Phi) is 2.00. The minimum atomic E-state index is -0.697. The molecule has 0 radical (unpaired) electrons. The van der Waals surface area contributed by atoms with Crippen LogP contribution in [0.3, 0.4) is 0 Å². The van der Waals surface area contributed by atoms with Gasteiger partial charge in [-0.2, -0.15) is 0 Å². The van der Waals surface area contributed by atoms with Crippen molar-refractivity contribution in [2.24, 2.45) is 0 Å². The minimum absolute atomic E-state index is 0.103. The van der Waals surface area contributed by atoms with Crippen LogP contribution in [0.5, 0.6) is 5.75 Å². The molecule has 2 rings (SSSR count). The number of phenols is 1. The van der Waals surface area contributed by atoms with Crippen molar-refractivity contribution in [3.8, 4) is 5.75 Å². The SMILES string of the molecule is Cc1cc(F)cc(CC2(O)CC2)c1O. The van der Waals surface area contributed by atoms with Crippen molar-refractivity contribution < 1.29 is 14.6 Å². The van der Waals surface area contributed by atoms with Gasteiger partial charge in [-0.3, -0.25) is 0 Å². The summed E-state index contributed by atoms with van der Waals surface area (Å²) in [5.74, 6) is -0.258. The number of halogens is 1. The van der Waals surface area contributed by atoms with E-state index in [1.54, 1.807) is 6.92 Å². The predicted molar refractivity (Wildman–Crippen MR) is 50.7 cm³/mol. The highest BCUT2D eigenvalue weighted by Crippen LogP contribution is 2.40. The monoisotopic (exact) mass is 196 g/mol. The second-order valence-electron chi connectivity index (χ2n) is 4.13. The van der Waals surface area contributed by atoms with Gasteiger partial charge in [-0.1, -0.05) is 0 Å². The summed E-state index contributed by atoms with van der Waals surface area (Å²) in [6, 6.07) is 2.58. The van der Waals surface area contributed by atoms with Gasteiger partial charge in [0.25, 0.3) is 0 Å². The molecule has 0 unspecified atom stereocenters. The molecule has 14 heavy (non-hydrogen) atoms. The molecule has 0 aliphatic heterocycles. The number of aliphatic hydroxyl groups is 1.